The van der Waals surface area contributed by atoms with Crippen LogP contribution >= 0.6 is 0 Å². The van der Waals surface area contributed by atoms with Crippen molar-refractivity contribution in [1.29, 1.82) is 0 Å². The summed E-state index contributed by atoms with van der Waals surface area (Å²) in [5, 5.41) is 0. The van der Waals surface area contributed by atoms with Gasteiger partial charge in [0.2, 0.25) is 0 Å². The fourth-order valence-corrected chi connectivity index (χ4v) is 2.54. The van der Waals surface area contributed by atoms with Gasteiger partial charge >= 0.3 is 11.9 Å². The third kappa shape index (κ3) is 6.81. The van der Waals surface area contributed by atoms with Crippen LogP contribution in [-0.2, 0) is 34.7 Å². The van der Waals surface area contributed by atoms with E-state index < -0.39 is 11.9 Å². The van der Waals surface area contributed by atoms with Crippen LogP contribution < -0.4 is 0 Å². The molecule has 0 fully saturated rings. The Morgan fingerprint density at radius 1 is 0.679 bits per heavy atom. The number of rotatable bonds is 3. The predicted octanol–water partition coefficient (Wildman–Crippen LogP) is 4.65. The van der Waals surface area contributed by atoms with Crippen molar-refractivity contribution in [1.82, 2.24) is 0 Å². The summed E-state index contributed by atoms with van der Waals surface area (Å²) in [7, 11) is 0. The summed E-state index contributed by atoms with van der Waals surface area (Å²) in [6.07, 6.45) is 5.70. The van der Waals surface area contributed by atoms with Gasteiger partial charge in [-0.05, 0) is 49.9 Å². The molecular formula is C22H22N2O3Pd. The second-order valence-corrected chi connectivity index (χ2v) is 6.11. The molecule has 3 rings (SSSR count). The summed E-state index contributed by atoms with van der Waals surface area (Å²) in [5.41, 5.74) is 6.79. The van der Waals surface area contributed by atoms with Crippen molar-refractivity contribution in [3.8, 4) is 0 Å². The summed E-state index contributed by atoms with van der Waals surface area (Å²) in [4.78, 5) is 28.9. The zero-order chi connectivity index (χ0) is 19.8. The van der Waals surface area contributed by atoms with E-state index in [0.29, 0.717) is 0 Å². The maximum atomic E-state index is 9.92. The molecule has 0 saturated carbocycles. The molecule has 0 N–H and O–H groups in total. The minimum Gasteiger partial charge on any atom is -0.387 e. The van der Waals surface area contributed by atoms with Gasteiger partial charge in [-0.1, -0.05) is 36.4 Å². The van der Waals surface area contributed by atoms with E-state index in [1.54, 1.807) is 12.4 Å². The molecule has 28 heavy (non-hydrogen) atoms. The molecule has 0 amide bonds. The second-order valence-electron chi connectivity index (χ2n) is 6.11. The minimum absolute atomic E-state index is 0. The van der Waals surface area contributed by atoms with Crippen molar-refractivity contribution in [3.63, 3.8) is 0 Å². The number of aryl methyl sites for hydroxylation is 4. The number of carbonyl (C=O) groups is 2. The van der Waals surface area contributed by atoms with E-state index in [9.17, 15) is 9.59 Å². The maximum absolute atomic E-state index is 9.92. The molecule has 148 valence electrons. The summed E-state index contributed by atoms with van der Waals surface area (Å²) in [6.45, 7) is 8.29. The molecule has 0 radical (unpaired) electrons. The van der Waals surface area contributed by atoms with Crippen LogP contribution in [0.15, 0.2) is 58.5 Å². The molecule has 5 nitrogen and oxygen atoms in total. The van der Waals surface area contributed by atoms with Crippen LogP contribution in [0.5, 0.6) is 0 Å². The molecule has 0 bridgehead atoms. The number of nitrogens with zero attached hydrogens (tertiary/aromatic N) is 2. The molecule has 6 heteroatoms. The largest absolute Gasteiger partial charge is 0.387 e. The summed E-state index contributed by atoms with van der Waals surface area (Å²) in [6, 6.07) is 12.4. The zero-order valence-corrected chi connectivity index (χ0v) is 17.8. The van der Waals surface area contributed by atoms with Gasteiger partial charge in [0, 0.05) is 45.0 Å². The van der Waals surface area contributed by atoms with E-state index in [4.69, 9.17) is 0 Å². The Kier molecular flexibility index (Phi) is 9.37. The van der Waals surface area contributed by atoms with Crippen molar-refractivity contribution in [3.05, 3.63) is 70.8 Å². The Hall–Kier alpha value is -2.68. The van der Waals surface area contributed by atoms with Crippen LogP contribution in [0, 0.1) is 27.7 Å². The molecule has 2 aromatic rings. The second kappa shape index (κ2) is 11.2. The van der Waals surface area contributed by atoms with E-state index in [2.05, 4.69) is 78.8 Å². The van der Waals surface area contributed by atoms with Gasteiger partial charge in [-0.2, -0.15) is 0 Å². The average Bonchev–Trinajstić information content (AvgIpc) is 2.99. The molecule has 0 aromatic heterocycles. The van der Waals surface area contributed by atoms with Gasteiger partial charge in [0.25, 0.3) is 0 Å². The van der Waals surface area contributed by atoms with Gasteiger partial charge in [-0.15, -0.1) is 0 Å². The Morgan fingerprint density at radius 3 is 1.25 bits per heavy atom. The third-order valence-corrected chi connectivity index (χ3v) is 3.91. The number of ether oxygens (including phenoxy) is 1. The van der Waals surface area contributed by atoms with E-state index in [-0.39, 0.29) is 20.4 Å². The summed E-state index contributed by atoms with van der Waals surface area (Å²) < 4.78 is 3.97. The van der Waals surface area contributed by atoms with Crippen molar-refractivity contribution in [2.75, 3.05) is 0 Å². The number of aliphatic imine (C=N–C) groups is 2. The predicted molar refractivity (Wildman–Crippen MR) is 108 cm³/mol. The molecule has 1 heterocycles. The summed E-state index contributed by atoms with van der Waals surface area (Å²) in [5.74, 6) is -1.16. The molecule has 2 aromatic carbocycles. The normalized spacial score (nSPS) is 12.7. The van der Waals surface area contributed by atoms with Gasteiger partial charge < -0.3 is 4.74 Å². The molecule has 1 aliphatic rings. The molecule has 0 aliphatic carbocycles. The van der Waals surface area contributed by atoms with E-state index in [1.807, 2.05) is 0 Å². The SMILES string of the molecule is Cc1cccc(C)c1N=CC=Nc1c(C)cccc1C.O=C1C=CC(=O)O1.[Pd]. The molecule has 0 spiro atoms. The van der Waals surface area contributed by atoms with Crippen molar-refractivity contribution >= 4 is 35.7 Å². The van der Waals surface area contributed by atoms with Crippen LogP contribution in [0.1, 0.15) is 22.3 Å². The Bertz CT molecular complexity index is 831. The monoisotopic (exact) mass is 468 g/mol. The van der Waals surface area contributed by atoms with E-state index >= 15 is 0 Å². The first-order chi connectivity index (χ1) is 12.9. The van der Waals surface area contributed by atoms with Crippen LogP contribution in [0.25, 0.3) is 0 Å². The Labute approximate surface area is 178 Å². The van der Waals surface area contributed by atoms with Gasteiger partial charge in [0.05, 0.1) is 11.4 Å². The Balaban J connectivity index is 0.000000414. The standard InChI is InChI=1S/C18H20N2.C4H2O3.Pd/c1-13-7-5-8-14(2)17(13)19-11-12-20-18-15(3)9-6-10-16(18)4;5-3-1-2-4(6)7-3;/h5-12H,1-4H3;1-2H;. The minimum atomic E-state index is -0.579. The molecular weight excluding hydrogens is 447 g/mol. The first kappa shape index (κ1) is 23.4. The first-order valence-corrected chi connectivity index (χ1v) is 8.51. The molecule has 0 unspecified atom stereocenters. The van der Waals surface area contributed by atoms with Crippen LogP contribution in [0.4, 0.5) is 11.4 Å². The molecule has 1 aliphatic heterocycles. The number of para-hydroxylation sites is 2. The van der Waals surface area contributed by atoms with Crippen molar-refractivity contribution in [2.45, 2.75) is 27.7 Å². The van der Waals surface area contributed by atoms with Crippen LogP contribution in [-0.4, -0.2) is 24.4 Å². The van der Waals surface area contributed by atoms with Gasteiger partial charge in [0.1, 0.15) is 0 Å². The number of esters is 2. The van der Waals surface area contributed by atoms with Crippen LogP contribution in [0.2, 0.25) is 0 Å². The maximum Gasteiger partial charge on any atom is 0.338 e. The number of hydrogen-bond acceptors (Lipinski definition) is 5. The molecule has 0 atom stereocenters. The fraction of sp³-hybridized carbons (Fsp3) is 0.182. The van der Waals surface area contributed by atoms with Crippen LogP contribution in [0.3, 0.4) is 0 Å². The van der Waals surface area contributed by atoms with Gasteiger partial charge in [-0.25, -0.2) is 9.59 Å². The fourth-order valence-electron chi connectivity index (χ4n) is 2.54. The zero-order valence-electron chi connectivity index (χ0n) is 16.2. The number of hydrogen-bond donors (Lipinski definition) is 0. The average molecular weight is 469 g/mol. The van der Waals surface area contributed by atoms with Crippen molar-refractivity contribution < 1.29 is 34.7 Å². The number of benzene rings is 2. The number of carbonyl (C=O) groups excluding carboxylic acids is 2. The number of cyclic esters (lactones) is 2. The Morgan fingerprint density at radius 2 is 1.00 bits per heavy atom. The quantitative estimate of drug-likeness (QED) is 0.285. The first-order valence-electron chi connectivity index (χ1n) is 8.51. The third-order valence-electron chi connectivity index (χ3n) is 3.91. The molecule has 0 saturated heterocycles. The van der Waals surface area contributed by atoms with Crippen molar-refractivity contribution in [2.24, 2.45) is 9.98 Å². The topological polar surface area (TPSA) is 68.1 Å². The van der Waals surface area contributed by atoms with Gasteiger partial charge in [-0.3, -0.25) is 9.98 Å². The van der Waals surface area contributed by atoms with Gasteiger partial charge in [0.15, 0.2) is 0 Å². The summed E-state index contributed by atoms with van der Waals surface area (Å²) >= 11 is 0. The van der Waals surface area contributed by atoms with E-state index in [0.717, 1.165) is 23.5 Å². The van der Waals surface area contributed by atoms with E-state index in [1.165, 1.54) is 22.3 Å². The smallest absolute Gasteiger partial charge is 0.338 e.